The average Bonchev–Trinajstić information content (AvgIpc) is 3.18. The number of rotatable bonds is 4. The molecule has 2 aliphatic rings. The van der Waals surface area contributed by atoms with E-state index >= 15 is 4.39 Å². The second-order valence-electron chi connectivity index (χ2n) is 8.57. The van der Waals surface area contributed by atoms with Crippen molar-refractivity contribution in [2.75, 3.05) is 23.3 Å². The van der Waals surface area contributed by atoms with Crippen LogP contribution in [0.4, 0.5) is 20.3 Å². The maximum atomic E-state index is 15.6. The number of hydrogen-bond donors (Lipinski definition) is 2. The number of anilines is 2. The number of piperidine rings is 1. The molecule has 2 fully saturated rings. The van der Waals surface area contributed by atoms with Gasteiger partial charge in [-0.25, -0.2) is 13.8 Å². The number of nitrogens with zero attached hydrogens (tertiary/aromatic N) is 5. The van der Waals surface area contributed by atoms with Crippen molar-refractivity contribution in [3.8, 4) is 11.3 Å². The Labute approximate surface area is 192 Å². The number of halogens is 3. The molecular formula is C22H20ClF2N7O. The van der Waals surface area contributed by atoms with E-state index in [1.807, 2.05) is 4.90 Å². The van der Waals surface area contributed by atoms with Crippen molar-refractivity contribution in [3.05, 3.63) is 35.6 Å². The fraction of sp³-hybridized carbons (Fsp3) is 0.364. The van der Waals surface area contributed by atoms with Gasteiger partial charge in [0.25, 0.3) is 0 Å². The van der Waals surface area contributed by atoms with Crippen LogP contribution in [0.2, 0.25) is 5.02 Å². The van der Waals surface area contributed by atoms with Crippen molar-refractivity contribution >= 4 is 45.6 Å². The van der Waals surface area contributed by atoms with Crippen molar-refractivity contribution in [1.29, 1.82) is 0 Å². The Morgan fingerprint density at radius 1 is 1.21 bits per heavy atom. The molecule has 1 saturated heterocycles. The van der Waals surface area contributed by atoms with Crippen LogP contribution in [0.25, 0.3) is 27.8 Å². The van der Waals surface area contributed by atoms with Crippen LogP contribution >= 0.6 is 11.6 Å². The molecule has 1 aromatic carbocycles. The summed E-state index contributed by atoms with van der Waals surface area (Å²) in [6, 6.07) is 0. The molecule has 2 N–H and O–H groups in total. The van der Waals surface area contributed by atoms with Gasteiger partial charge in [0.1, 0.15) is 11.9 Å². The minimum Gasteiger partial charge on any atom is -0.367 e. The van der Waals surface area contributed by atoms with E-state index in [4.69, 9.17) is 11.6 Å². The smallest absolute Gasteiger partial charge is 0.231 e. The van der Waals surface area contributed by atoms with Crippen LogP contribution in [-0.4, -0.2) is 49.7 Å². The second kappa shape index (κ2) is 7.65. The molecule has 1 saturated carbocycles. The quantitative estimate of drug-likeness (QED) is 0.461. The van der Waals surface area contributed by atoms with Gasteiger partial charge >= 0.3 is 0 Å². The lowest BCUT2D eigenvalue weighted by molar-refractivity contribution is -0.117. The monoisotopic (exact) mass is 471 g/mol. The lowest BCUT2D eigenvalue weighted by atomic mass is 10.0. The molecule has 3 aromatic heterocycles. The maximum Gasteiger partial charge on any atom is 0.231 e. The molecule has 33 heavy (non-hydrogen) atoms. The van der Waals surface area contributed by atoms with Crippen molar-refractivity contribution < 1.29 is 13.6 Å². The number of aromatic amines is 1. The summed E-state index contributed by atoms with van der Waals surface area (Å²) in [6.45, 7) is 1.52. The molecule has 0 spiro atoms. The van der Waals surface area contributed by atoms with E-state index in [-0.39, 0.29) is 11.4 Å². The van der Waals surface area contributed by atoms with Gasteiger partial charge in [-0.05, 0) is 25.7 Å². The van der Waals surface area contributed by atoms with Crippen LogP contribution in [0, 0.1) is 11.7 Å². The molecule has 8 nitrogen and oxygen atoms in total. The zero-order valence-electron chi connectivity index (χ0n) is 17.5. The predicted octanol–water partition coefficient (Wildman–Crippen LogP) is 4.35. The number of carbonyl (C=O) groups is 1. The highest BCUT2D eigenvalue weighted by Crippen LogP contribution is 2.42. The van der Waals surface area contributed by atoms with Crippen LogP contribution < -0.4 is 10.2 Å². The summed E-state index contributed by atoms with van der Waals surface area (Å²) in [6.07, 6.45) is 8.69. The summed E-state index contributed by atoms with van der Waals surface area (Å²) in [4.78, 5) is 22.8. The van der Waals surface area contributed by atoms with Gasteiger partial charge in [0.15, 0.2) is 17.3 Å². The first kappa shape index (κ1) is 20.3. The number of H-pyrrole nitrogens is 1. The van der Waals surface area contributed by atoms with Crippen LogP contribution in [0.3, 0.4) is 0 Å². The zero-order chi connectivity index (χ0) is 22.7. The Morgan fingerprint density at radius 2 is 2.00 bits per heavy atom. The summed E-state index contributed by atoms with van der Waals surface area (Å²) in [5.41, 5.74) is 2.37. The molecule has 2 atom stereocenters. The number of alkyl halides is 1. The number of fused-ring (bicyclic) bond motifs is 2. The van der Waals surface area contributed by atoms with E-state index in [9.17, 15) is 9.18 Å². The molecule has 170 valence electrons. The third-order valence-corrected chi connectivity index (χ3v) is 6.69. The standard InChI is InChI=1S/C22H20ClF2N7O/c23-18-17(12-7-27-30-20(12)21(19(18)25)31-4-2-1-3-5-31)14-9-32-10-15(28-16(32)8-26-14)29-22(33)11-6-13(11)24/h7-11,13H,1-6H2,(H,27,30)(H,29,33). The first-order valence-electron chi connectivity index (χ1n) is 10.9. The summed E-state index contributed by atoms with van der Waals surface area (Å²) >= 11 is 6.57. The van der Waals surface area contributed by atoms with Crippen molar-refractivity contribution in [2.24, 2.45) is 5.92 Å². The lowest BCUT2D eigenvalue weighted by Crippen LogP contribution is -2.30. The summed E-state index contributed by atoms with van der Waals surface area (Å²) in [5.74, 6) is -1.21. The Hall–Kier alpha value is -3.27. The van der Waals surface area contributed by atoms with E-state index < -0.39 is 23.8 Å². The van der Waals surface area contributed by atoms with Gasteiger partial charge in [0.2, 0.25) is 5.91 Å². The number of nitrogens with one attached hydrogen (secondary N) is 2. The molecule has 2 unspecified atom stereocenters. The Morgan fingerprint density at radius 3 is 2.76 bits per heavy atom. The molecule has 1 aliphatic heterocycles. The van der Waals surface area contributed by atoms with E-state index in [1.54, 1.807) is 23.0 Å². The van der Waals surface area contributed by atoms with Crippen LogP contribution in [0.15, 0.2) is 24.8 Å². The van der Waals surface area contributed by atoms with E-state index in [2.05, 4.69) is 25.5 Å². The van der Waals surface area contributed by atoms with E-state index in [0.717, 1.165) is 32.4 Å². The zero-order valence-corrected chi connectivity index (χ0v) is 18.2. The highest BCUT2D eigenvalue weighted by Gasteiger charge is 2.43. The lowest BCUT2D eigenvalue weighted by Gasteiger charge is -2.30. The fourth-order valence-corrected chi connectivity index (χ4v) is 4.79. The normalized spacial score (nSPS) is 20.5. The van der Waals surface area contributed by atoms with Gasteiger partial charge < -0.3 is 14.6 Å². The largest absolute Gasteiger partial charge is 0.367 e. The maximum absolute atomic E-state index is 15.6. The Balaban J connectivity index is 1.41. The van der Waals surface area contributed by atoms with Crippen LogP contribution in [0.5, 0.6) is 0 Å². The molecule has 6 rings (SSSR count). The number of hydrogen-bond acceptors (Lipinski definition) is 5. The molecule has 0 bridgehead atoms. The summed E-state index contributed by atoms with van der Waals surface area (Å²) in [5, 5.41) is 10.4. The summed E-state index contributed by atoms with van der Waals surface area (Å²) in [7, 11) is 0. The van der Waals surface area contributed by atoms with Gasteiger partial charge in [-0.15, -0.1) is 0 Å². The predicted molar refractivity (Wildman–Crippen MR) is 121 cm³/mol. The molecule has 4 aromatic rings. The SMILES string of the molecule is O=C(Nc1cn2cc(-c3c(Cl)c(F)c(N4CCCCC4)c4[nH]ncc34)ncc2n1)C1CC1F. The highest BCUT2D eigenvalue weighted by molar-refractivity contribution is 6.35. The van der Waals surface area contributed by atoms with Gasteiger partial charge in [-0.1, -0.05) is 11.6 Å². The number of imidazole rings is 1. The van der Waals surface area contributed by atoms with Gasteiger partial charge in [0.05, 0.1) is 40.7 Å². The topological polar surface area (TPSA) is 91.2 Å². The van der Waals surface area contributed by atoms with E-state index in [0.29, 0.717) is 39.3 Å². The van der Waals surface area contributed by atoms with Crippen molar-refractivity contribution in [2.45, 2.75) is 31.9 Å². The molecular weight excluding hydrogens is 452 g/mol. The number of carbonyl (C=O) groups excluding carboxylic acids is 1. The molecule has 11 heteroatoms. The van der Waals surface area contributed by atoms with Gasteiger partial charge in [-0.2, -0.15) is 5.10 Å². The molecule has 0 radical (unpaired) electrons. The van der Waals surface area contributed by atoms with Gasteiger partial charge in [-0.3, -0.25) is 14.9 Å². The molecule has 4 heterocycles. The number of benzene rings is 1. The van der Waals surface area contributed by atoms with E-state index in [1.165, 1.54) is 6.20 Å². The van der Waals surface area contributed by atoms with Crippen molar-refractivity contribution in [1.82, 2.24) is 24.6 Å². The minimum absolute atomic E-state index is 0.0207. The molecule has 1 amide bonds. The van der Waals surface area contributed by atoms with Crippen LogP contribution in [0.1, 0.15) is 25.7 Å². The number of amides is 1. The molecule has 1 aliphatic carbocycles. The third-order valence-electron chi connectivity index (χ3n) is 6.34. The van der Waals surface area contributed by atoms with Gasteiger partial charge in [0, 0.05) is 30.2 Å². The minimum atomic E-state index is -1.09. The number of aromatic nitrogens is 5. The third kappa shape index (κ3) is 3.40. The first-order chi connectivity index (χ1) is 16.0. The highest BCUT2D eigenvalue weighted by atomic mass is 35.5. The summed E-state index contributed by atoms with van der Waals surface area (Å²) < 4.78 is 30.4. The van der Waals surface area contributed by atoms with Crippen LogP contribution in [-0.2, 0) is 4.79 Å². The first-order valence-corrected chi connectivity index (χ1v) is 11.3. The Kier molecular flexibility index (Phi) is 4.72. The average molecular weight is 472 g/mol. The van der Waals surface area contributed by atoms with Crippen molar-refractivity contribution in [3.63, 3.8) is 0 Å². The second-order valence-corrected chi connectivity index (χ2v) is 8.95. The Bertz CT molecular complexity index is 1390. The fourth-order valence-electron chi connectivity index (χ4n) is 4.51.